The van der Waals surface area contributed by atoms with Crippen molar-refractivity contribution in [3.05, 3.63) is 169 Å². The van der Waals surface area contributed by atoms with Crippen LogP contribution in [-0.4, -0.2) is 19.1 Å². The van der Waals surface area contributed by atoms with Crippen LogP contribution in [0.15, 0.2) is 158 Å². The number of imidazole rings is 2. The fraction of sp³-hybridized carbons (Fsp3) is 0.0435. The van der Waals surface area contributed by atoms with Crippen LogP contribution in [-0.2, 0) is 0 Å². The van der Waals surface area contributed by atoms with Crippen LogP contribution in [0.4, 0.5) is 0 Å². The molecule has 0 aliphatic carbocycles. The molecule has 2 heterocycles. The van der Waals surface area contributed by atoms with E-state index in [0.717, 1.165) is 45.1 Å². The first-order chi connectivity index (χ1) is 24.7. The minimum atomic E-state index is 0.960. The minimum Gasteiger partial charge on any atom is -0.296 e. The summed E-state index contributed by atoms with van der Waals surface area (Å²) >= 11 is 0. The summed E-state index contributed by atoms with van der Waals surface area (Å²) < 4.78 is 4.62. The molecule has 0 bridgehead atoms. The number of hydrogen-bond donors (Lipinski definition) is 0. The van der Waals surface area contributed by atoms with Crippen LogP contribution in [0, 0.1) is 13.8 Å². The Kier molecular flexibility index (Phi) is 6.27. The van der Waals surface area contributed by atoms with Crippen LogP contribution in [0.3, 0.4) is 0 Å². The largest absolute Gasteiger partial charge is 0.296 e. The van der Waals surface area contributed by atoms with Gasteiger partial charge in [0.05, 0.1) is 33.4 Å². The quantitative estimate of drug-likeness (QED) is 0.179. The van der Waals surface area contributed by atoms with Gasteiger partial charge in [-0.05, 0) is 100 Å². The van der Waals surface area contributed by atoms with Gasteiger partial charge in [-0.25, -0.2) is 9.97 Å². The number of nitrogens with zero attached hydrogens (tertiary/aromatic N) is 4. The lowest BCUT2D eigenvalue weighted by atomic mass is 9.86. The van der Waals surface area contributed by atoms with E-state index in [-0.39, 0.29) is 0 Å². The van der Waals surface area contributed by atoms with Crippen LogP contribution in [0.5, 0.6) is 0 Å². The second-order valence-electron chi connectivity index (χ2n) is 13.0. The van der Waals surface area contributed by atoms with Crippen molar-refractivity contribution in [3.63, 3.8) is 0 Å². The summed E-state index contributed by atoms with van der Waals surface area (Å²) in [5.41, 5.74) is 11.3. The van der Waals surface area contributed by atoms with Crippen molar-refractivity contribution in [2.75, 3.05) is 0 Å². The first kappa shape index (κ1) is 28.5. The Balaban J connectivity index is 1.40. The lowest BCUT2D eigenvalue weighted by Gasteiger charge is -2.20. The molecule has 50 heavy (non-hydrogen) atoms. The highest BCUT2D eigenvalue weighted by molar-refractivity contribution is 6.21. The molecular formula is C46H32N4. The topological polar surface area (TPSA) is 35.6 Å². The number of fused-ring (bicyclic) bond motifs is 5. The second-order valence-corrected chi connectivity index (χ2v) is 13.0. The number of hydrogen-bond acceptors (Lipinski definition) is 2. The van der Waals surface area contributed by atoms with Gasteiger partial charge in [0, 0.05) is 10.8 Å². The van der Waals surface area contributed by atoms with E-state index in [0.29, 0.717) is 0 Å². The second kappa shape index (κ2) is 11.0. The molecule has 2 aromatic heterocycles. The maximum atomic E-state index is 4.98. The van der Waals surface area contributed by atoms with E-state index in [1.54, 1.807) is 0 Å². The molecule has 0 fully saturated rings. The molecule has 0 aliphatic heterocycles. The van der Waals surface area contributed by atoms with Crippen molar-refractivity contribution in [1.82, 2.24) is 19.1 Å². The molecule has 0 atom stereocenters. The fourth-order valence-corrected chi connectivity index (χ4v) is 8.12. The van der Waals surface area contributed by atoms with Crippen molar-refractivity contribution < 1.29 is 0 Å². The molecule has 0 unspecified atom stereocenters. The van der Waals surface area contributed by atoms with Gasteiger partial charge in [-0.3, -0.25) is 9.13 Å². The molecule has 0 radical (unpaired) electrons. The van der Waals surface area contributed by atoms with Crippen molar-refractivity contribution in [2.45, 2.75) is 13.8 Å². The molecule has 4 nitrogen and oxygen atoms in total. The summed E-state index contributed by atoms with van der Waals surface area (Å²) in [6.45, 7) is 4.20. The normalized spacial score (nSPS) is 11.8. The van der Waals surface area contributed by atoms with Crippen molar-refractivity contribution in [2.24, 2.45) is 0 Å². The SMILES string of the molecule is Cc1nc2ccccc2n1-c1cccc2c(-c3cccc4cccc(-c5ccccc5)c34)c3cccc(-n4c(C)nc5ccccc54)c3cc12. The molecule has 0 amide bonds. The highest BCUT2D eigenvalue weighted by Crippen LogP contribution is 2.45. The van der Waals surface area contributed by atoms with E-state index in [1.165, 1.54) is 54.6 Å². The highest BCUT2D eigenvalue weighted by Gasteiger charge is 2.21. The van der Waals surface area contributed by atoms with Gasteiger partial charge >= 0.3 is 0 Å². The van der Waals surface area contributed by atoms with Gasteiger partial charge < -0.3 is 0 Å². The standard InChI is InChI=1S/C46H32N4/c1-29-47-39-22-6-8-24-43(39)49(29)41-26-12-19-34-37(41)28-38-35(20-13-27-42(38)50-30(2)48-40-23-7-9-25-44(40)50)46(34)36-21-11-17-32-16-10-18-33(45(32)36)31-14-4-3-5-15-31/h3-28H,1-2H3. The Bertz CT molecular complexity index is 2800. The zero-order valence-electron chi connectivity index (χ0n) is 27.8. The lowest BCUT2D eigenvalue weighted by Crippen LogP contribution is -2.01. The van der Waals surface area contributed by atoms with Crippen LogP contribution >= 0.6 is 0 Å². The van der Waals surface area contributed by atoms with Crippen molar-refractivity contribution in [1.29, 1.82) is 0 Å². The van der Waals surface area contributed by atoms with Crippen LogP contribution in [0.25, 0.3) is 88.0 Å². The van der Waals surface area contributed by atoms with Gasteiger partial charge in [-0.15, -0.1) is 0 Å². The lowest BCUT2D eigenvalue weighted by molar-refractivity contribution is 1.01. The van der Waals surface area contributed by atoms with Crippen LogP contribution in [0.1, 0.15) is 11.6 Å². The Hall–Kier alpha value is -6.52. The maximum absolute atomic E-state index is 4.98. The Morgan fingerprint density at radius 1 is 0.420 bits per heavy atom. The monoisotopic (exact) mass is 640 g/mol. The van der Waals surface area contributed by atoms with Gasteiger partial charge in [0.25, 0.3) is 0 Å². The number of para-hydroxylation sites is 4. The fourth-order valence-electron chi connectivity index (χ4n) is 8.12. The molecule has 10 rings (SSSR count). The van der Waals surface area contributed by atoms with E-state index in [1.807, 2.05) is 0 Å². The summed E-state index contributed by atoms with van der Waals surface area (Å²) in [5.74, 6) is 1.92. The summed E-state index contributed by atoms with van der Waals surface area (Å²) in [6, 6.07) is 56.8. The van der Waals surface area contributed by atoms with Crippen LogP contribution in [0.2, 0.25) is 0 Å². The van der Waals surface area contributed by atoms with Gasteiger partial charge in [0.15, 0.2) is 0 Å². The summed E-state index contributed by atoms with van der Waals surface area (Å²) in [7, 11) is 0. The van der Waals surface area contributed by atoms with Gasteiger partial charge in [0.1, 0.15) is 11.6 Å². The minimum absolute atomic E-state index is 0.960. The predicted octanol–water partition coefficient (Wildman–Crippen LogP) is 11.8. The van der Waals surface area contributed by atoms with Gasteiger partial charge in [0.2, 0.25) is 0 Å². The molecule has 0 N–H and O–H groups in total. The molecule has 8 aromatic carbocycles. The van der Waals surface area contributed by atoms with E-state index in [9.17, 15) is 0 Å². The Labute approximate surface area is 289 Å². The number of benzene rings is 8. The number of rotatable bonds is 4. The van der Waals surface area contributed by atoms with Crippen LogP contribution < -0.4 is 0 Å². The summed E-state index contributed by atoms with van der Waals surface area (Å²) in [5, 5.41) is 7.21. The first-order valence-corrected chi connectivity index (χ1v) is 17.1. The Morgan fingerprint density at radius 3 is 1.50 bits per heavy atom. The summed E-state index contributed by atoms with van der Waals surface area (Å²) in [6.07, 6.45) is 0. The van der Waals surface area contributed by atoms with E-state index < -0.39 is 0 Å². The molecule has 0 saturated carbocycles. The number of aromatic nitrogens is 4. The van der Waals surface area contributed by atoms with Gasteiger partial charge in [-0.2, -0.15) is 0 Å². The molecule has 0 aliphatic rings. The maximum Gasteiger partial charge on any atom is 0.111 e. The third kappa shape index (κ3) is 4.18. The average molecular weight is 641 g/mol. The van der Waals surface area contributed by atoms with Crippen molar-refractivity contribution in [3.8, 4) is 33.6 Å². The predicted molar refractivity (Wildman–Crippen MR) is 209 cm³/mol. The third-order valence-electron chi connectivity index (χ3n) is 10.2. The highest BCUT2D eigenvalue weighted by atomic mass is 15.1. The van der Waals surface area contributed by atoms with E-state index in [4.69, 9.17) is 9.97 Å². The number of aryl methyl sites for hydroxylation is 2. The molecule has 0 saturated heterocycles. The summed E-state index contributed by atoms with van der Waals surface area (Å²) in [4.78, 5) is 9.96. The Morgan fingerprint density at radius 2 is 0.920 bits per heavy atom. The molecule has 10 aromatic rings. The van der Waals surface area contributed by atoms with E-state index >= 15 is 0 Å². The molecule has 236 valence electrons. The molecule has 0 spiro atoms. The van der Waals surface area contributed by atoms with E-state index in [2.05, 4.69) is 181 Å². The zero-order chi connectivity index (χ0) is 33.3. The average Bonchev–Trinajstić information content (AvgIpc) is 3.68. The van der Waals surface area contributed by atoms with Crippen molar-refractivity contribution >= 4 is 54.4 Å². The van der Waals surface area contributed by atoms with Gasteiger partial charge in [-0.1, -0.05) is 115 Å². The molecule has 4 heteroatoms. The zero-order valence-corrected chi connectivity index (χ0v) is 27.8. The molecular weight excluding hydrogens is 609 g/mol. The smallest absolute Gasteiger partial charge is 0.111 e. The third-order valence-corrected chi connectivity index (χ3v) is 10.2. The first-order valence-electron chi connectivity index (χ1n) is 17.1.